The lowest BCUT2D eigenvalue weighted by molar-refractivity contribution is -0.672. The summed E-state index contributed by atoms with van der Waals surface area (Å²) in [6.45, 7) is 5.19. The third kappa shape index (κ3) is 2.41. The molecule has 3 aromatic carbocycles. The van der Waals surface area contributed by atoms with Crippen molar-refractivity contribution < 1.29 is 8.73 Å². The zero-order valence-corrected chi connectivity index (χ0v) is 19.8. The summed E-state index contributed by atoms with van der Waals surface area (Å²) in [5, 5.41) is 5.70. The van der Waals surface area contributed by atoms with Gasteiger partial charge in [-0.25, -0.2) is 0 Å². The van der Waals surface area contributed by atoms with Gasteiger partial charge >= 0.3 is 0 Å². The average molecular weight is 455 g/mol. The first-order valence-corrected chi connectivity index (χ1v) is 12.9. The summed E-state index contributed by atoms with van der Waals surface area (Å²) in [4.78, 5) is 0. The van der Waals surface area contributed by atoms with Crippen molar-refractivity contribution in [2.75, 3.05) is 0 Å². The molecule has 0 radical (unpaired) electrons. The molecule has 1 aliphatic carbocycles. The average Bonchev–Trinajstić information content (AvgIpc) is 3.44. The van der Waals surface area contributed by atoms with E-state index < -0.39 is 0 Å². The first-order chi connectivity index (χ1) is 16.8. The second-order valence-corrected chi connectivity index (χ2v) is 10.8. The highest BCUT2D eigenvalue weighted by molar-refractivity contribution is 7.29. The maximum Gasteiger partial charge on any atom is 0.220 e. The maximum absolute atomic E-state index is 4.25. The maximum atomic E-state index is 4.25. The van der Waals surface area contributed by atoms with E-state index in [-0.39, 0.29) is 0 Å². The minimum absolute atomic E-state index is 0.647. The van der Waals surface area contributed by atoms with Crippen molar-refractivity contribution in [2.24, 2.45) is 0 Å². The predicted octanol–water partition coefficient (Wildman–Crippen LogP) is 6.22. The number of aromatic nitrogens is 2. The van der Waals surface area contributed by atoms with Crippen molar-refractivity contribution >= 4 is 41.2 Å². The minimum atomic E-state index is 0.647. The summed E-state index contributed by atoms with van der Waals surface area (Å²) in [6.07, 6.45) is 8.44. The van der Waals surface area contributed by atoms with E-state index in [0.29, 0.717) is 8.35 Å². The van der Waals surface area contributed by atoms with Crippen LogP contribution in [0, 0.1) is 0 Å². The molecule has 2 nitrogen and oxygen atoms in total. The van der Waals surface area contributed by atoms with Gasteiger partial charge in [-0.2, -0.15) is 8.73 Å². The monoisotopic (exact) mass is 454 g/mol. The molecule has 3 heteroatoms. The van der Waals surface area contributed by atoms with Gasteiger partial charge in [0, 0.05) is 29.8 Å². The normalized spacial score (nSPS) is 13.9. The van der Waals surface area contributed by atoms with Crippen LogP contribution >= 0.6 is 8.35 Å². The number of nitrogens with zero attached hydrogens (tertiary/aromatic N) is 2. The Labute approximate surface area is 199 Å². The number of benzene rings is 3. The van der Waals surface area contributed by atoms with Crippen LogP contribution in [0.1, 0.15) is 33.4 Å². The molecule has 0 spiro atoms. The molecule has 6 aromatic rings. The van der Waals surface area contributed by atoms with Crippen LogP contribution in [0.15, 0.2) is 85.7 Å². The molecule has 0 N–H and O–H groups in total. The second kappa shape index (κ2) is 6.65. The van der Waals surface area contributed by atoms with Crippen LogP contribution in [0.4, 0.5) is 0 Å². The van der Waals surface area contributed by atoms with E-state index in [1.807, 2.05) is 0 Å². The van der Waals surface area contributed by atoms with Gasteiger partial charge in [-0.3, -0.25) is 0 Å². The van der Waals surface area contributed by atoms with Crippen LogP contribution in [0.2, 0.25) is 0 Å². The van der Waals surface area contributed by atoms with E-state index in [1.54, 1.807) is 0 Å². The molecule has 34 heavy (non-hydrogen) atoms. The topological polar surface area (TPSA) is 7.98 Å². The third-order valence-electron chi connectivity index (χ3n) is 7.79. The molecule has 5 bridgehead atoms. The van der Waals surface area contributed by atoms with Crippen molar-refractivity contribution in [3.8, 4) is 11.3 Å². The molecular formula is C31H23N2P+2. The molecular weight excluding hydrogens is 431 g/mol. The highest BCUT2D eigenvalue weighted by Crippen LogP contribution is 2.42. The van der Waals surface area contributed by atoms with Crippen LogP contribution < -0.4 is 8.73 Å². The molecule has 0 fully saturated rings. The molecule has 0 saturated heterocycles. The molecule has 1 atom stereocenters. The zero-order valence-electron chi connectivity index (χ0n) is 18.8. The quantitative estimate of drug-likeness (QED) is 0.260. The Bertz CT molecular complexity index is 1860. The lowest BCUT2D eigenvalue weighted by Gasteiger charge is -2.17. The lowest BCUT2D eigenvalue weighted by atomic mass is 9.84. The van der Waals surface area contributed by atoms with Crippen molar-refractivity contribution in [3.05, 3.63) is 119 Å². The molecule has 1 unspecified atom stereocenters. The fourth-order valence-corrected chi connectivity index (χ4v) is 7.72. The van der Waals surface area contributed by atoms with Crippen LogP contribution in [-0.2, 0) is 19.4 Å². The summed E-state index contributed by atoms with van der Waals surface area (Å²) < 4.78 is 4.83. The third-order valence-corrected chi connectivity index (χ3v) is 9.22. The van der Waals surface area contributed by atoms with Crippen LogP contribution in [0.3, 0.4) is 0 Å². The molecule has 4 heterocycles. The van der Waals surface area contributed by atoms with Gasteiger partial charge in [0.25, 0.3) is 0 Å². The molecule has 3 aromatic heterocycles. The second-order valence-electron chi connectivity index (χ2n) is 9.64. The molecule has 0 saturated carbocycles. The number of pyridine rings is 2. The van der Waals surface area contributed by atoms with Crippen molar-refractivity contribution in [1.82, 2.24) is 0 Å². The Hall–Kier alpha value is -3.74. The summed E-state index contributed by atoms with van der Waals surface area (Å²) in [5.74, 6) is 0. The van der Waals surface area contributed by atoms with E-state index >= 15 is 0 Å². The van der Waals surface area contributed by atoms with E-state index in [0.717, 1.165) is 19.4 Å². The molecule has 1 aliphatic heterocycles. The first kappa shape index (κ1) is 18.7. The zero-order chi connectivity index (χ0) is 22.4. The van der Waals surface area contributed by atoms with E-state index in [9.17, 15) is 0 Å². The number of hydrogen-bond donors (Lipinski definition) is 0. The summed E-state index contributed by atoms with van der Waals surface area (Å²) in [5.41, 5.74) is 12.5. The van der Waals surface area contributed by atoms with Crippen molar-refractivity contribution in [2.45, 2.75) is 19.4 Å². The van der Waals surface area contributed by atoms with Gasteiger partial charge in [-0.15, -0.1) is 0 Å². The van der Waals surface area contributed by atoms with Crippen molar-refractivity contribution in [1.29, 1.82) is 0 Å². The van der Waals surface area contributed by atoms with Gasteiger partial charge < -0.3 is 0 Å². The van der Waals surface area contributed by atoms with E-state index in [1.165, 1.54) is 71.4 Å². The number of rotatable bonds is 1. The van der Waals surface area contributed by atoms with Gasteiger partial charge in [0.1, 0.15) is 8.35 Å². The molecule has 2 aliphatic rings. The van der Waals surface area contributed by atoms with Crippen LogP contribution in [0.5, 0.6) is 0 Å². The van der Waals surface area contributed by atoms with Crippen LogP contribution in [0.25, 0.3) is 44.1 Å². The highest BCUT2D eigenvalue weighted by Gasteiger charge is 2.32. The Morgan fingerprint density at radius 3 is 2.71 bits per heavy atom. The Morgan fingerprint density at radius 2 is 1.76 bits per heavy atom. The lowest BCUT2D eigenvalue weighted by Crippen LogP contribution is -2.31. The fourth-order valence-electron chi connectivity index (χ4n) is 6.33. The smallest absolute Gasteiger partial charge is 0.194 e. The summed E-state index contributed by atoms with van der Waals surface area (Å²) >= 11 is 0. The number of fused-ring (bicyclic) bond motifs is 13. The van der Waals surface area contributed by atoms with Crippen LogP contribution in [-0.4, -0.2) is 0 Å². The van der Waals surface area contributed by atoms with E-state index in [4.69, 9.17) is 0 Å². The highest BCUT2D eigenvalue weighted by atomic mass is 31.0. The number of hydrogen-bond acceptors (Lipinski definition) is 0. The van der Waals surface area contributed by atoms with Gasteiger partial charge in [-0.1, -0.05) is 36.9 Å². The molecule has 160 valence electrons. The largest absolute Gasteiger partial charge is 0.220 e. The Kier molecular flexibility index (Phi) is 3.65. The summed E-state index contributed by atoms with van der Waals surface area (Å²) in [7, 11) is 0.647. The SMILES string of the molecule is C=Cc1c2cc(c3c1-c1cccc[n+]1C3)Cc1cc3cc(ccc3c3c1[pH][n+]1ccccc31)C2. The minimum Gasteiger partial charge on any atom is -0.194 e. The van der Waals surface area contributed by atoms with E-state index in [2.05, 4.69) is 101 Å². The first-order valence-electron chi connectivity index (χ1n) is 11.9. The Morgan fingerprint density at radius 1 is 0.853 bits per heavy atom. The standard InChI is InChI=1S/C31H23N2P/c1-2-24-20-13-19-9-10-25-21(14-19)16-23(31-30(25)28-8-4-6-12-33(28)34-31)17-22(15-20)26-18-32-11-5-3-7-27(32)29(24)26/h2-12,14-16,34H,1,13,17-18H2/q+2. The molecule has 0 amide bonds. The van der Waals surface area contributed by atoms with Gasteiger partial charge in [0.15, 0.2) is 18.9 Å². The molecule has 8 rings (SSSR count). The fraction of sp³-hybridized carbons (Fsp3) is 0.0968. The van der Waals surface area contributed by atoms with Gasteiger partial charge in [-0.05, 0) is 69.6 Å². The predicted molar refractivity (Wildman–Crippen MR) is 141 cm³/mol. The Balaban J connectivity index is 1.50. The van der Waals surface area contributed by atoms with Crippen molar-refractivity contribution in [3.63, 3.8) is 0 Å². The van der Waals surface area contributed by atoms with Gasteiger partial charge in [0.2, 0.25) is 11.2 Å². The van der Waals surface area contributed by atoms with Gasteiger partial charge in [0.05, 0.1) is 16.1 Å². The summed E-state index contributed by atoms with van der Waals surface area (Å²) in [6, 6.07) is 25.2.